The molecule has 0 aromatic heterocycles. The summed E-state index contributed by atoms with van der Waals surface area (Å²) in [6, 6.07) is 12.0. The van der Waals surface area contributed by atoms with E-state index >= 15 is 0 Å². The van der Waals surface area contributed by atoms with Crippen molar-refractivity contribution in [1.82, 2.24) is 0 Å². The maximum Gasteiger partial charge on any atom is 0.335 e. The van der Waals surface area contributed by atoms with Gasteiger partial charge in [0.2, 0.25) is 0 Å². The van der Waals surface area contributed by atoms with E-state index in [0.717, 1.165) is 5.56 Å². The van der Waals surface area contributed by atoms with Crippen molar-refractivity contribution in [1.29, 1.82) is 5.26 Å². The first-order valence-electron chi connectivity index (χ1n) is 6.04. The highest BCUT2D eigenvalue weighted by Gasteiger charge is 2.11. The van der Waals surface area contributed by atoms with Gasteiger partial charge in [0.1, 0.15) is 17.6 Å². The van der Waals surface area contributed by atoms with Crippen molar-refractivity contribution in [3.05, 3.63) is 58.7 Å². The normalized spacial score (nSPS) is 9.85. The molecule has 0 aliphatic rings. The largest absolute Gasteiger partial charge is 0.478 e. The molecule has 0 saturated carbocycles. The van der Waals surface area contributed by atoms with Crippen molar-refractivity contribution in [2.75, 3.05) is 0 Å². The number of carboxylic acid groups (broad SMARTS) is 1. The van der Waals surface area contributed by atoms with Gasteiger partial charge in [-0.2, -0.15) is 5.26 Å². The van der Waals surface area contributed by atoms with Gasteiger partial charge in [-0.1, -0.05) is 12.1 Å². The van der Waals surface area contributed by atoms with Gasteiger partial charge in [0.25, 0.3) is 0 Å². The number of benzene rings is 2. The fourth-order valence-corrected chi connectivity index (χ4v) is 1.88. The van der Waals surface area contributed by atoms with Crippen molar-refractivity contribution >= 4 is 5.97 Å². The van der Waals surface area contributed by atoms with Gasteiger partial charge >= 0.3 is 5.97 Å². The standard InChI is InChI=1S/C16H13NO3/c1-10-4-3-5-13(9-17)15(10)20-14-7-6-12(16(18)19)8-11(14)2/h3-8H,1-2H3,(H,18,19). The van der Waals surface area contributed by atoms with Crippen LogP contribution in [0.25, 0.3) is 0 Å². The Kier molecular flexibility index (Phi) is 3.72. The van der Waals surface area contributed by atoms with Crippen molar-refractivity contribution in [2.24, 2.45) is 0 Å². The zero-order valence-corrected chi connectivity index (χ0v) is 11.2. The Morgan fingerprint density at radius 3 is 2.55 bits per heavy atom. The van der Waals surface area contributed by atoms with Gasteiger partial charge in [-0.25, -0.2) is 4.79 Å². The third-order valence-electron chi connectivity index (χ3n) is 2.97. The summed E-state index contributed by atoms with van der Waals surface area (Å²) in [5.74, 6) is 0.0650. The molecule has 0 atom stereocenters. The van der Waals surface area contributed by atoms with E-state index in [9.17, 15) is 4.79 Å². The lowest BCUT2D eigenvalue weighted by Crippen LogP contribution is -1.98. The third-order valence-corrected chi connectivity index (χ3v) is 2.97. The molecular weight excluding hydrogens is 254 g/mol. The molecule has 0 fully saturated rings. The Morgan fingerprint density at radius 2 is 1.95 bits per heavy atom. The molecule has 0 spiro atoms. The zero-order chi connectivity index (χ0) is 14.7. The average Bonchev–Trinajstić information content (AvgIpc) is 2.42. The molecule has 2 rings (SSSR count). The Labute approximate surface area is 116 Å². The van der Waals surface area contributed by atoms with Gasteiger partial charge in [-0.15, -0.1) is 0 Å². The second-order valence-corrected chi connectivity index (χ2v) is 4.45. The summed E-state index contributed by atoms with van der Waals surface area (Å²) < 4.78 is 5.78. The van der Waals surface area contributed by atoms with E-state index in [4.69, 9.17) is 15.1 Å². The highest BCUT2D eigenvalue weighted by Crippen LogP contribution is 2.31. The molecule has 100 valence electrons. The zero-order valence-electron chi connectivity index (χ0n) is 11.2. The van der Waals surface area contributed by atoms with Gasteiger partial charge in [-0.3, -0.25) is 0 Å². The molecule has 20 heavy (non-hydrogen) atoms. The number of para-hydroxylation sites is 1. The van der Waals surface area contributed by atoms with Gasteiger partial charge < -0.3 is 9.84 Å². The lowest BCUT2D eigenvalue weighted by atomic mass is 10.1. The van der Waals surface area contributed by atoms with Crippen LogP contribution in [-0.2, 0) is 0 Å². The first-order valence-corrected chi connectivity index (χ1v) is 6.04. The summed E-state index contributed by atoms with van der Waals surface area (Å²) in [7, 11) is 0. The van der Waals surface area contributed by atoms with Crippen molar-refractivity contribution in [3.63, 3.8) is 0 Å². The van der Waals surface area contributed by atoms with E-state index in [0.29, 0.717) is 22.6 Å². The minimum Gasteiger partial charge on any atom is -0.478 e. The molecule has 0 aliphatic heterocycles. The van der Waals surface area contributed by atoms with E-state index in [1.807, 2.05) is 13.0 Å². The fourth-order valence-electron chi connectivity index (χ4n) is 1.88. The Hall–Kier alpha value is -2.80. The number of carboxylic acids is 1. The van der Waals surface area contributed by atoms with Gasteiger partial charge in [0.05, 0.1) is 11.1 Å². The van der Waals surface area contributed by atoms with E-state index in [-0.39, 0.29) is 5.56 Å². The quantitative estimate of drug-likeness (QED) is 0.921. The number of hydrogen-bond donors (Lipinski definition) is 1. The summed E-state index contributed by atoms with van der Waals surface area (Å²) >= 11 is 0. The maximum atomic E-state index is 10.9. The van der Waals surface area contributed by atoms with Crippen molar-refractivity contribution in [2.45, 2.75) is 13.8 Å². The van der Waals surface area contributed by atoms with Crippen LogP contribution in [0.2, 0.25) is 0 Å². The summed E-state index contributed by atoms with van der Waals surface area (Å²) in [5.41, 5.74) is 2.22. The van der Waals surface area contributed by atoms with Crippen LogP contribution in [-0.4, -0.2) is 11.1 Å². The number of carbonyl (C=O) groups is 1. The molecule has 4 heteroatoms. The second-order valence-electron chi connectivity index (χ2n) is 4.45. The molecule has 1 N–H and O–H groups in total. The number of nitriles is 1. The van der Waals surface area contributed by atoms with Crippen LogP contribution in [0.1, 0.15) is 27.0 Å². The summed E-state index contributed by atoms with van der Waals surface area (Å²) in [5, 5.41) is 18.0. The summed E-state index contributed by atoms with van der Waals surface area (Å²) in [6.07, 6.45) is 0. The first-order chi connectivity index (χ1) is 9.52. The number of aromatic carboxylic acids is 1. The molecule has 0 saturated heterocycles. The number of hydrogen-bond acceptors (Lipinski definition) is 3. The fraction of sp³-hybridized carbons (Fsp3) is 0.125. The van der Waals surface area contributed by atoms with Crippen LogP contribution in [0.4, 0.5) is 0 Å². The average molecular weight is 267 g/mol. The summed E-state index contributed by atoms with van der Waals surface area (Å²) in [6.45, 7) is 3.63. The van der Waals surface area contributed by atoms with Crippen LogP contribution in [0.15, 0.2) is 36.4 Å². The van der Waals surface area contributed by atoms with Crippen molar-refractivity contribution < 1.29 is 14.6 Å². The SMILES string of the molecule is Cc1cc(C(=O)O)ccc1Oc1c(C)cccc1C#N. The van der Waals surface area contributed by atoms with E-state index in [1.54, 1.807) is 31.2 Å². The molecule has 2 aromatic carbocycles. The van der Waals surface area contributed by atoms with E-state index in [2.05, 4.69) is 6.07 Å². The first kappa shape index (κ1) is 13.6. The van der Waals surface area contributed by atoms with Gasteiger partial charge in [0.15, 0.2) is 0 Å². The molecule has 0 radical (unpaired) electrons. The third kappa shape index (κ3) is 2.62. The molecule has 0 amide bonds. The lowest BCUT2D eigenvalue weighted by molar-refractivity contribution is 0.0697. The predicted octanol–water partition coefficient (Wildman–Crippen LogP) is 3.67. The lowest BCUT2D eigenvalue weighted by Gasteiger charge is -2.12. The molecule has 4 nitrogen and oxygen atoms in total. The molecule has 0 bridgehead atoms. The monoisotopic (exact) mass is 267 g/mol. The highest BCUT2D eigenvalue weighted by atomic mass is 16.5. The topological polar surface area (TPSA) is 70.3 Å². The Morgan fingerprint density at radius 1 is 1.20 bits per heavy atom. The second kappa shape index (κ2) is 5.45. The molecule has 0 heterocycles. The summed E-state index contributed by atoms with van der Waals surface area (Å²) in [4.78, 5) is 10.9. The van der Waals surface area contributed by atoms with E-state index in [1.165, 1.54) is 6.07 Å². The van der Waals surface area contributed by atoms with Crippen LogP contribution >= 0.6 is 0 Å². The van der Waals surface area contributed by atoms with Crippen LogP contribution in [0.3, 0.4) is 0 Å². The smallest absolute Gasteiger partial charge is 0.335 e. The molecular formula is C16H13NO3. The van der Waals surface area contributed by atoms with Crippen LogP contribution in [0, 0.1) is 25.2 Å². The minimum absolute atomic E-state index is 0.208. The Balaban J connectivity index is 2.41. The number of aryl methyl sites for hydroxylation is 2. The number of rotatable bonds is 3. The number of nitrogens with zero attached hydrogens (tertiary/aromatic N) is 1. The van der Waals surface area contributed by atoms with Crippen LogP contribution < -0.4 is 4.74 Å². The molecule has 2 aromatic rings. The number of ether oxygens (including phenoxy) is 1. The van der Waals surface area contributed by atoms with E-state index < -0.39 is 5.97 Å². The Bertz CT molecular complexity index is 714. The highest BCUT2D eigenvalue weighted by molar-refractivity contribution is 5.88. The van der Waals surface area contributed by atoms with Gasteiger partial charge in [0, 0.05) is 0 Å². The van der Waals surface area contributed by atoms with Gasteiger partial charge in [-0.05, 0) is 49.2 Å². The minimum atomic E-state index is -0.978. The molecule has 0 aliphatic carbocycles. The predicted molar refractivity (Wildman–Crippen MR) is 74.1 cm³/mol. The maximum absolute atomic E-state index is 10.9. The van der Waals surface area contributed by atoms with Crippen molar-refractivity contribution in [3.8, 4) is 17.6 Å². The van der Waals surface area contributed by atoms with Crippen LogP contribution in [0.5, 0.6) is 11.5 Å². The molecule has 0 unspecified atom stereocenters.